The zero-order valence-electron chi connectivity index (χ0n) is 18.9. The molecule has 2 saturated heterocycles. The second-order valence-corrected chi connectivity index (χ2v) is 9.85. The van der Waals surface area contributed by atoms with Gasteiger partial charge in [0.2, 0.25) is 11.8 Å². The number of alkyl halides is 3. The number of nitrogens with one attached hydrogen (secondary N) is 3. The molecule has 0 radical (unpaired) electrons. The fourth-order valence-electron chi connectivity index (χ4n) is 5.30. The van der Waals surface area contributed by atoms with Crippen molar-refractivity contribution in [2.24, 2.45) is 5.92 Å². The summed E-state index contributed by atoms with van der Waals surface area (Å²) in [5.41, 5.74) is 0.502. The molecule has 5 rings (SSSR count). The van der Waals surface area contributed by atoms with Crippen LogP contribution in [0.5, 0.6) is 0 Å². The van der Waals surface area contributed by atoms with E-state index in [0.29, 0.717) is 27.1 Å². The van der Waals surface area contributed by atoms with E-state index in [1.165, 1.54) is 11.1 Å². The normalized spacial score (nSPS) is 22.0. The Hall–Kier alpha value is -3.35. The predicted molar refractivity (Wildman–Crippen MR) is 120 cm³/mol. The molecule has 0 saturated carbocycles. The number of hydrogen-bond donors (Lipinski definition) is 3. The van der Waals surface area contributed by atoms with Gasteiger partial charge >= 0.3 is 12.2 Å². The largest absolute Gasteiger partial charge is 0.406 e. The number of aromatic nitrogens is 2. The highest BCUT2D eigenvalue weighted by Crippen LogP contribution is 2.35. The van der Waals surface area contributed by atoms with Gasteiger partial charge in [-0.3, -0.25) is 24.8 Å². The number of carbonyl (C=O) groups excluding carboxylic acids is 4. The maximum absolute atomic E-state index is 13.4. The Labute approximate surface area is 207 Å². The standard InChI is InChI=1S/C22H22ClF3N6O4/c23-15-6-11-5-12(7-16(33)31-3-1-21(2-4-31)19(35)28-20(36)29-21)18(34)32(10-22(24,25)26)9-14(11)13-8-27-30-17(13)15/h6,8,12H,1-5,7,9-10H2,(H,27,30)(H2,28,29,35,36)/t12-/m0/s1. The van der Waals surface area contributed by atoms with Crippen LogP contribution in [0.15, 0.2) is 12.3 Å². The molecule has 36 heavy (non-hydrogen) atoms. The number of benzene rings is 1. The van der Waals surface area contributed by atoms with Gasteiger partial charge < -0.3 is 15.1 Å². The van der Waals surface area contributed by atoms with Crippen LogP contribution < -0.4 is 10.6 Å². The molecule has 10 nitrogen and oxygen atoms in total. The van der Waals surface area contributed by atoms with Crippen molar-refractivity contribution in [2.75, 3.05) is 19.6 Å². The van der Waals surface area contributed by atoms with Gasteiger partial charge in [0.05, 0.1) is 22.7 Å². The van der Waals surface area contributed by atoms with E-state index in [1.807, 2.05) is 0 Å². The van der Waals surface area contributed by atoms with E-state index in [2.05, 4.69) is 20.8 Å². The maximum Gasteiger partial charge on any atom is 0.406 e. The Kier molecular flexibility index (Phi) is 5.85. The van der Waals surface area contributed by atoms with Gasteiger partial charge in [-0.15, -0.1) is 0 Å². The summed E-state index contributed by atoms with van der Waals surface area (Å²) in [7, 11) is 0. The van der Waals surface area contributed by atoms with Crippen LogP contribution in [0.3, 0.4) is 0 Å². The number of H-pyrrole nitrogens is 1. The van der Waals surface area contributed by atoms with Gasteiger partial charge in [0, 0.05) is 31.4 Å². The first kappa shape index (κ1) is 24.3. The summed E-state index contributed by atoms with van der Waals surface area (Å²) in [4.78, 5) is 52.3. The number of piperidine rings is 1. The first-order valence-corrected chi connectivity index (χ1v) is 11.7. The average molecular weight is 527 g/mol. The number of nitrogens with zero attached hydrogens (tertiary/aromatic N) is 3. The average Bonchev–Trinajstić information content (AvgIpc) is 3.36. The van der Waals surface area contributed by atoms with E-state index < -0.39 is 47.9 Å². The van der Waals surface area contributed by atoms with E-state index in [1.54, 1.807) is 6.07 Å². The van der Waals surface area contributed by atoms with Crippen molar-refractivity contribution >= 4 is 46.3 Å². The number of likely N-dealkylation sites (tertiary alicyclic amines) is 1. The second kappa shape index (κ2) is 8.64. The van der Waals surface area contributed by atoms with Crippen molar-refractivity contribution in [1.82, 2.24) is 30.6 Å². The highest BCUT2D eigenvalue weighted by molar-refractivity contribution is 6.35. The molecule has 1 spiro atoms. The van der Waals surface area contributed by atoms with Gasteiger partial charge in [-0.1, -0.05) is 11.6 Å². The van der Waals surface area contributed by atoms with Crippen LogP contribution in [0.4, 0.5) is 18.0 Å². The molecule has 2 fully saturated rings. The fraction of sp³-hybridized carbons (Fsp3) is 0.500. The van der Waals surface area contributed by atoms with Gasteiger partial charge in [0.25, 0.3) is 5.91 Å². The van der Waals surface area contributed by atoms with Crippen LogP contribution in [0, 0.1) is 5.92 Å². The quantitative estimate of drug-likeness (QED) is 0.526. The van der Waals surface area contributed by atoms with Crippen molar-refractivity contribution in [3.8, 4) is 0 Å². The monoisotopic (exact) mass is 526 g/mol. The summed E-state index contributed by atoms with van der Waals surface area (Å²) in [6.45, 7) is -1.40. The number of amides is 5. The molecule has 5 amide bonds. The molecule has 1 atom stereocenters. The van der Waals surface area contributed by atoms with Crippen LogP contribution in [-0.4, -0.2) is 75.1 Å². The van der Waals surface area contributed by atoms with Crippen LogP contribution >= 0.6 is 11.6 Å². The van der Waals surface area contributed by atoms with Gasteiger partial charge in [0.15, 0.2) is 0 Å². The molecule has 0 bridgehead atoms. The minimum atomic E-state index is -4.62. The van der Waals surface area contributed by atoms with Crippen LogP contribution in [0.1, 0.15) is 30.4 Å². The van der Waals surface area contributed by atoms with Crippen molar-refractivity contribution in [3.63, 3.8) is 0 Å². The molecule has 0 unspecified atom stereocenters. The lowest BCUT2D eigenvalue weighted by molar-refractivity contribution is -0.165. The molecular formula is C22H22ClF3N6O4. The SMILES string of the molecule is O=C1NC(=O)C2(CCN(C(=O)C[C@@H]3Cc4cc(Cl)c5[nH]ncc5c4CN(CC(F)(F)F)C3=O)CC2)N1. The number of halogens is 4. The van der Waals surface area contributed by atoms with Gasteiger partial charge in [0.1, 0.15) is 12.1 Å². The third kappa shape index (κ3) is 4.36. The van der Waals surface area contributed by atoms with Crippen LogP contribution in [0.2, 0.25) is 5.02 Å². The molecule has 14 heteroatoms. The smallest absolute Gasteiger partial charge is 0.342 e. The summed E-state index contributed by atoms with van der Waals surface area (Å²) in [5.74, 6) is -2.63. The van der Waals surface area contributed by atoms with Gasteiger partial charge in [-0.2, -0.15) is 18.3 Å². The second-order valence-electron chi connectivity index (χ2n) is 9.44. The Morgan fingerprint density at radius 3 is 2.58 bits per heavy atom. The first-order valence-electron chi connectivity index (χ1n) is 11.4. The Morgan fingerprint density at radius 2 is 1.94 bits per heavy atom. The number of carbonyl (C=O) groups is 4. The Morgan fingerprint density at radius 1 is 1.22 bits per heavy atom. The summed E-state index contributed by atoms with van der Waals surface area (Å²) in [6, 6.07) is 1.02. The van der Waals surface area contributed by atoms with E-state index in [-0.39, 0.29) is 45.3 Å². The molecular weight excluding hydrogens is 505 g/mol. The topological polar surface area (TPSA) is 128 Å². The highest BCUT2D eigenvalue weighted by Gasteiger charge is 2.48. The first-order chi connectivity index (χ1) is 17.0. The summed E-state index contributed by atoms with van der Waals surface area (Å²) in [6.07, 6.45) is -3.00. The zero-order chi connectivity index (χ0) is 25.8. The molecule has 3 aliphatic rings. The van der Waals surface area contributed by atoms with Crippen LogP contribution in [0.25, 0.3) is 10.9 Å². The van der Waals surface area contributed by atoms with Crippen LogP contribution in [-0.2, 0) is 27.3 Å². The number of fused-ring (bicyclic) bond motifs is 3. The third-order valence-electron chi connectivity index (χ3n) is 7.14. The minimum absolute atomic E-state index is 0.0470. The number of aromatic amines is 1. The third-order valence-corrected chi connectivity index (χ3v) is 7.44. The van der Waals surface area contributed by atoms with Gasteiger partial charge in [-0.05, 0) is 36.5 Å². The number of urea groups is 1. The van der Waals surface area contributed by atoms with Crippen molar-refractivity contribution in [2.45, 2.75) is 43.9 Å². The lowest BCUT2D eigenvalue weighted by Crippen LogP contribution is -2.56. The fourth-order valence-corrected chi connectivity index (χ4v) is 5.57. The van der Waals surface area contributed by atoms with Crippen molar-refractivity contribution < 1.29 is 32.3 Å². The lowest BCUT2D eigenvalue weighted by atomic mass is 9.87. The molecule has 0 aliphatic carbocycles. The maximum atomic E-state index is 13.4. The van der Waals surface area contributed by atoms with E-state index in [0.717, 1.165) is 4.90 Å². The molecule has 3 N–H and O–H groups in total. The molecule has 192 valence electrons. The summed E-state index contributed by atoms with van der Waals surface area (Å²) in [5, 5.41) is 12.3. The van der Waals surface area contributed by atoms with E-state index >= 15 is 0 Å². The van der Waals surface area contributed by atoms with Crippen molar-refractivity contribution in [1.29, 1.82) is 0 Å². The number of imide groups is 1. The van der Waals surface area contributed by atoms with Crippen molar-refractivity contribution in [3.05, 3.63) is 28.4 Å². The Balaban J connectivity index is 1.38. The minimum Gasteiger partial charge on any atom is -0.342 e. The molecule has 1 aromatic heterocycles. The summed E-state index contributed by atoms with van der Waals surface area (Å²) < 4.78 is 40.1. The lowest BCUT2D eigenvalue weighted by Gasteiger charge is -2.37. The molecule has 2 aromatic rings. The Bertz CT molecular complexity index is 1270. The number of hydrogen-bond acceptors (Lipinski definition) is 5. The zero-order valence-corrected chi connectivity index (χ0v) is 19.6. The van der Waals surface area contributed by atoms with E-state index in [4.69, 9.17) is 11.6 Å². The molecule has 3 aliphatic heterocycles. The van der Waals surface area contributed by atoms with E-state index in [9.17, 15) is 32.3 Å². The molecule has 1 aromatic carbocycles. The molecule has 4 heterocycles. The highest BCUT2D eigenvalue weighted by atomic mass is 35.5. The van der Waals surface area contributed by atoms with Gasteiger partial charge in [-0.25, -0.2) is 4.79 Å². The predicted octanol–water partition coefficient (Wildman–Crippen LogP) is 1.87. The summed E-state index contributed by atoms with van der Waals surface area (Å²) >= 11 is 6.34. The number of rotatable bonds is 3.